The van der Waals surface area contributed by atoms with Crippen LogP contribution < -0.4 is 5.56 Å². The van der Waals surface area contributed by atoms with Gasteiger partial charge in [0.15, 0.2) is 0 Å². The molecular formula is C10H15N3O. The number of hydrogen-bond donors (Lipinski definition) is 1. The maximum Gasteiger partial charge on any atom is 0.277 e. The standard InChI is InChI=1S/C10H15N3O/c1-5-11-8-7(4)12-9(6(2)3)13-10(8)14/h5-6H,1-4H3,(H,12,13,14). The van der Waals surface area contributed by atoms with E-state index in [9.17, 15) is 4.79 Å². The van der Waals surface area contributed by atoms with Crippen molar-refractivity contribution in [2.45, 2.75) is 33.6 Å². The van der Waals surface area contributed by atoms with E-state index >= 15 is 0 Å². The third-order valence-corrected chi connectivity index (χ3v) is 1.89. The third-order valence-electron chi connectivity index (χ3n) is 1.89. The van der Waals surface area contributed by atoms with E-state index in [1.54, 1.807) is 20.1 Å². The zero-order valence-corrected chi connectivity index (χ0v) is 8.96. The van der Waals surface area contributed by atoms with E-state index in [1.807, 2.05) is 13.8 Å². The Kier molecular flexibility index (Phi) is 3.17. The van der Waals surface area contributed by atoms with Gasteiger partial charge < -0.3 is 4.98 Å². The van der Waals surface area contributed by atoms with E-state index in [4.69, 9.17) is 0 Å². The number of H-pyrrole nitrogens is 1. The van der Waals surface area contributed by atoms with Crippen LogP contribution in [-0.2, 0) is 0 Å². The van der Waals surface area contributed by atoms with Gasteiger partial charge in [0.05, 0.1) is 5.69 Å². The molecule has 1 rings (SSSR count). The smallest absolute Gasteiger partial charge is 0.277 e. The fourth-order valence-electron chi connectivity index (χ4n) is 1.16. The van der Waals surface area contributed by atoms with E-state index in [1.165, 1.54) is 0 Å². The fraction of sp³-hybridized carbons (Fsp3) is 0.500. The molecule has 1 N–H and O–H groups in total. The summed E-state index contributed by atoms with van der Waals surface area (Å²) >= 11 is 0. The summed E-state index contributed by atoms with van der Waals surface area (Å²) in [4.78, 5) is 22.5. The number of nitrogens with one attached hydrogen (secondary N) is 1. The zero-order chi connectivity index (χ0) is 10.7. The van der Waals surface area contributed by atoms with Gasteiger partial charge >= 0.3 is 0 Å². The molecule has 1 heterocycles. The average Bonchev–Trinajstić information content (AvgIpc) is 2.10. The lowest BCUT2D eigenvalue weighted by Gasteiger charge is -2.06. The Morgan fingerprint density at radius 1 is 1.50 bits per heavy atom. The van der Waals surface area contributed by atoms with Crippen LogP contribution in [0.5, 0.6) is 0 Å². The Hall–Kier alpha value is -1.45. The molecule has 0 fully saturated rings. The molecule has 0 saturated carbocycles. The van der Waals surface area contributed by atoms with Crippen LogP contribution in [0.25, 0.3) is 0 Å². The Morgan fingerprint density at radius 2 is 2.14 bits per heavy atom. The summed E-state index contributed by atoms with van der Waals surface area (Å²) in [6, 6.07) is 0. The largest absolute Gasteiger partial charge is 0.308 e. The summed E-state index contributed by atoms with van der Waals surface area (Å²) in [7, 11) is 0. The molecule has 0 aliphatic heterocycles. The maximum absolute atomic E-state index is 11.5. The molecule has 4 nitrogen and oxygen atoms in total. The van der Waals surface area contributed by atoms with Crippen molar-refractivity contribution in [3.05, 3.63) is 21.9 Å². The minimum absolute atomic E-state index is 0.167. The van der Waals surface area contributed by atoms with Crippen LogP contribution in [0.3, 0.4) is 0 Å². The molecule has 76 valence electrons. The van der Waals surface area contributed by atoms with E-state index in [-0.39, 0.29) is 11.5 Å². The van der Waals surface area contributed by atoms with Gasteiger partial charge in [-0.05, 0) is 13.8 Å². The van der Waals surface area contributed by atoms with Gasteiger partial charge in [-0.1, -0.05) is 13.8 Å². The molecule has 0 spiro atoms. The first-order valence-corrected chi connectivity index (χ1v) is 4.65. The van der Waals surface area contributed by atoms with Crippen molar-refractivity contribution < 1.29 is 0 Å². The van der Waals surface area contributed by atoms with Crippen LogP contribution in [0.15, 0.2) is 9.79 Å². The Bertz CT molecular complexity index is 404. The van der Waals surface area contributed by atoms with Crippen LogP contribution in [0, 0.1) is 6.92 Å². The van der Waals surface area contributed by atoms with Crippen molar-refractivity contribution in [2.75, 3.05) is 0 Å². The minimum Gasteiger partial charge on any atom is -0.308 e. The molecule has 0 unspecified atom stereocenters. The normalized spacial score (nSPS) is 11.5. The van der Waals surface area contributed by atoms with Crippen LogP contribution in [-0.4, -0.2) is 16.2 Å². The number of aromatic nitrogens is 2. The molecule has 0 saturated heterocycles. The van der Waals surface area contributed by atoms with E-state index in [2.05, 4.69) is 15.0 Å². The summed E-state index contributed by atoms with van der Waals surface area (Å²) in [5.41, 5.74) is 0.909. The first kappa shape index (κ1) is 10.6. The van der Waals surface area contributed by atoms with E-state index in [0.717, 1.165) is 0 Å². The van der Waals surface area contributed by atoms with Gasteiger partial charge in [0.25, 0.3) is 5.56 Å². The number of nitrogens with zero attached hydrogens (tertiary/aromatic N) is 2. The van der Waals surface area contributed by atoms with Gasteiger partial charge in [-0.15, -0.1) is 0 Å². The molecule has 4 heteroatoms. The highest BCUT2D eigenvalue weighted by molar-refractivity contribution is 5.60. The van der Waals surface area contributed by atoms with Gasteiger partial charge in [0, 0.05) is 12.1 Å². The van der Waals surface area contributed by atoms with Crippen LogP contribution in [0.1, 0.15) is 38.2 Å². The van der Waals surface area contributed by atoms with Gasteiger partial charge in [-0.3, -0.25) is 9.79 Å². The second-order valence-electron chi connectivity index (χ2n) is 3.43. The SMILES string of the molecule is CC=Nc1c(C)nc(C(C)C)[nH]c1=O. The van der Waals surface area contributed by atoms with Crippen molar-refractivity contribution in [3.63, 3.8) is 0 Å². The summed E-state index contributed by atoms with van der Waals surface area (Å²) in [5, 5.41) is 0. The highest BCUT2D eigenvalue weighted by Crippen LogP contribution is 2.13. The van der Waals surface area contributed by atoms with Gasteiger partial charge in [0.2, 0.25) is 0 Å². The fourth-order valence-corrected chi connectivity index (χ4v) is 1.16. The monoisotopic (exact) mass is 193 g/mol. The number of aromatic amines is 1. The van der Waals surface area contributed by atoms with Crippen molar-refractivity contribution in [3.8, 4) is 0 Å². The molecule has 0 amide bonds. The van der Waals surface area contributed by atoms with Crippen molar-refractivity contribution in [1.82, 2.24) is 9.97 Å². The highest BCUT2D eigenvalue weighted by Gasteiger charge is 2.08. The van der Waals surface area contributed by atoms with Gasteiger partial charge in [0.1, 0.15) is 11.5 Å². The molecule has 0 atom stereocenters. The number of rotatable bonds is 2. The second-order valence-corrected chi connectivity index (χ2v) is 3.43. The molecule has 0 aliphatic carbocycles. The number of hydrogen-bond acceptors (Lipinski definition) is 3. The van der Waals surface area contributed by atoms with Crippen molar-refractivity contribution in [2.24, 2.45) is 4.99 Å². The topological polar surface area (TPSA) is 58.1 Å². The predicted molar refractivity (Wildman–Crippen MR) is 57.5 cm³/mol. The van der Waals surface area contributed by atoms with Gasteiger partial charge in [-0.2, -0.15) is 0 Å². The summed E-state index contributed by atoms with van der Waals surface area (Å²) in [6.45, 7) is 7.54. The first-order chi connectivity index (χ1) is 6.56. The lowest BCUT2D eigenvalue weighted by atomic mass is 10.2. The maximum atomic E-state index is 11.5. The molecule has 0 radical (unpaired) electrons. The number of aliphatic imine (C=N–C) groups is 1. The van der Waals surface area contributed by atoms with Crippen LogP contribution >= 0.6 is 0 Å². The summed E-state index contributed by atoms with van der Waals surface area (Å²) < 4.78 is 0. The molecule has 0 aliphatic rings. The Morgan fingerprint density at radius 3 is 2.57 bits per heavy atom. The lowest BCUT2D eigenvalue weighted by Crippen LogP contribution is -2.13. The minimum atomic E-state index is -0.167. The Labute approximate surface area is 83.1 Å². The molecular weight excluding hydrogens is 178 g/mol. The van der Waals surface area contributed by atoms with Crippen molar-refractivity contribution in [1.29, 1.82) is 0 Å². The van der Waals surface area contributed by atoms with Gasteiger partial charge in [-0.25, -0.2) is 4.98 Å². The molecule has 1 aromatic rings. The quantitative estimate of drug-likeness (QED) is 0.729. The second kappa shape index (κ2) is 4.17. The molecule has 0 aromatic carbocycles. The van der Waals surface area contributed by atoms with E-state index < -0.39 is 0 Å². The predicted octanol–water partition coefficient (Wildman–Crippen LogP) is 1.92. The summed E-state index contributed by atoms with van der Waals surface area (Å²) in [5.74, 6) is 0.934. The lowest BCUT2D eigenvalue weighted by molar-refractivity contribution is 0.759. The van der Waals surface area contributed by atoms with E-state index in [0.29, 0.717) is 17.2 Å². The number of aryl methyl sites for hydroxylation is 1. The molecule has 0 bridgehead atoms. The highest BCUT2D eigenvalue weighted by atomic mass is 16.1. The Balaban J connectivity index is 3.32. The van der Waals surface area contributed by atoms with Crippen LogP contribution in [0.4, 0.5) is 5.69 Å². The first-order valence-electron chi connectivity index (χ1n) is 4.65. The average molecular weight is 193 g/mol. The molecule has 1 aromatic heterocycles. The zero-order valence-electron chi connectivity index (χ0n) is 8.96. The van der Waals surface area contributed by atoms with Crippen molar-refractivity contribution >= 4 is 11.9 Å². The third kappa shape index (κ3) is 2.07. The summed E-state index contributed by atoms with van der Waals surface area (Å²) in [6.07, 6.45) is 1.59. The van der Waals surface area contributed by atoms with Crippen LogP contribution in [0.2, 0.25) is 0 Å². The molecule has 14 heavy (non-hydrogen) atoms.